The van der Waals surface area contributed by atoms with Crippen molar-refractivity contribution in [3.05, 3.63) is 60.2 Å². The van der Waals surface area contributed by atoms with Gasteiger partial charge in [0.05, 0.1) is 5.92 Å². The van der Waals surface area contributed by atoms with E-state index in [-0.39, 0.29) is 6.54 Å². The van der Waals surface area contributed by atoms with Crippen molar-refractivity contribution in [3.8, 4) is 11.1 Å². The zero-order valence-electron chi connectivity index (χ0n) is 10.6. The van der Waals surface area contributed by atoms with Crippen LogP contribution in [0, 0.1) is 5.92 Å². The van der Waals surface area contributed by atoms with Crippen LogP contribution in [-0.4, -0.2) is 17.6 Å². The van der Waals surface area contributed by atoms with Crippen molar-refractivity contribution < 1.29 is 9.90 Å². The number of hydrogen-bond acceptors (Lipinski definition) is 2. The Hall–Kier alpha value is -2.13. The third-order valence-corrected chi connectivity index (χ3v) is 3.15. The molecule has 1 atom stereocenters. The lowest BCUT2D eigenvalue weighted by Crippen LogP contribution is -2.25. The lowest BCUT2D eigenvalue weighted by atomic mass is 9.96. The molecule has 0 fully saturated rings. The van der Waals surface area contributed by atoms with Crippen LogP contribution in [0.15, 0.2) is 54.6 Å². The van der Waals surface area contributed by atoms with E-state index in [4.69, 9.17) is 10.8 Å². The molecule has 0 aromatic heterocycles. The Morgan fingerprint density at radius 2 is 1.74 bits per heavy atom. The van der Waals surface area contributed by atoms with Crippen LogP contribution in [-0.2, 0) is 11.2 Å². The number of aliphatic carboxylic acids is 1. The second-order valence-electron chi connectivity index (χ2n) is 4.54. The molecule has 0 saturated heterocycles. The van der Waals surface area contributed by atoms with Crippen molar-refractivity contribution in [3.63, 3.8) is 0 Å². The summed E-state index contributed by atoms with van der Waals surface area (Å²) in [6.45, 7) is 0.158. The minimum Gasteiger partial charge on any atom is -0.481 e. The number of carbonyl (C=O) groups is 1. The fraction of sp³-hybridized carbons (Fsp3) is 0.188. The molecule has 3 N–H and O–H groups in total. The fourth-order valence-corrected chi connectivity index (χ4v) is 2.06. The largest absolute Gasteiger partial charge is 0.481 e. The molecule has 19 heavy (non-hydrogen) atoms. The number of benzene rings is 2. The van der Waals surface area contributed by atoms with E-state index in [2.05, 4.69) is 0 Å². The predicted molar refractivity (Wildman–Crippen MR) is 75.8 cm³/mol. The van der Waals surface area contributed by atoms with Crippen LogP contribution < -0.4 is 5.73 Å². The first-order chi connectivity index (χ1) is 9.20. The molecule has 2 aromatic carbocycles. The molecular weight excluding hydrogens is 238 g/mol. The molecule has 3 nitrogen and oxygen atoms in total. The van der Waals surface area contributed by atoms with Crippen molar-refractivity contribution in [2.75, 3.05) is 6.54 Å². The summed E-state index contributed by atoms with van der Waals surface area (Å²) in [5.41, 5.74) is 8.71. The maximum absolute atomic E-state index is 11.0. The van der Waals surface area contributed by atoms with Gasteiger partial charge in [0.2, 0.25) is 0 Å². The molecule has 1 unspecified atom stereocenters. The minimum absolute atomic E-state index is 0.158. The van der Waals surface area contributed by atoms with E-state index in [9.17, 15) is 4.79 Å². The first kappa shape index (κ1) is 13.3. The quantitative estimate of drug-likeness (QED) is 0.863. The monoisotopic (exact) mass is 255 g/mol. The van der Waals surface area contributed by atoms with Gasteiger partial charge in [-0.05, 0) is 23.1 Å². The van der Waals surface area contributed by atoms with E-state index in [1.165, 1.54) is 0 Å². The second-order valence-corrected chi connectivity index (χ2v) is 4.54. The fourth-order valence-electron chi connectivity index (χ4n) is 2.06. The maximum atomic E-state index is 11.0. The van der Waals surface area contributed by atoms with Crippen LogP contribution >= 0.6 is 0 Å². The summed E-state index contributed by atoms with van der Waals surface area (Å²) < 4.78 is 0. The molecule has 0 aliphatic heterocycles. The average molecular weight is 255 g/mol. The van der Waals surface area contributed by atoms with Gasteiger partial charge in [-0.1, -0.05) is 54.6 Å². The van der Waals surface area contributed by atoms with Gasteiger partial charge in [0, 0.05) is 6.54 Å². The summed E-state index contributed by atoms with van der Waals surface area (Å²) in [6, 6.07) is 18.0. The van der Waals surface area contributed by atoms with Gasteiger partial charge < -0.3 is 10.8 Å². The third-order valence-electron chi connectivity index (χ3n) is 3.15. The summed E-state index contributed by atoms with van der Waals surface area (Å²) in [5, 5.41) is 9.04. The molecule has 0 spiro atoms. The van der Waals surface area contributed by atoms with Crippen molar-refractivity contribution in [2.45, 2.75) is 6.42 Å². The van der Waals surface area contributed by atoms with E-state index in [0.717, 1.165) is 16.7 Å². The molecular formula is C16H17NO2. The Morgan fingerprint density at radius 3 is 2.37 bits per heavy atom. The summed E-state index contributed by atoms with van der Waals surface area (Å²) in [6.07, 6.45) is 0.465. The Labute approximate surface area is 112 Å². The van der Waals surface area contributed by atoms with E-state index in [1.807, 2.05) is 54.6 Å². The lowest BCUT2D eigenvalue weighted by Gasteiger charge is -2.10. The molecule has 0 aliphatic rings. The minimum atomic E-state index is -0.840. The van der Waals surface area contributed by atoms with Gasteiger partial charge >= 0.3 is 5.97 Å². The van der Waals surface area contributed by atoms with Gasteiger partial charge in [-0.2, -0.15) is 0 Å². The molecule has 3 heteroatoms. The van der Waals surface area contributed by atoms with E-state index < -0.39 is 11.9 Å². The summed E-state index contributed by atoms with van der Waals surface area (Å²) in [5.74, 6) is -1.36. The van der Waals surface area contributed by atoms with E-state index >= 15 is 0 Å². The Bertz CT molecular complexity index is 552. The van der Waals surface area contributed by atoms with Crippen molar-refractivity contribution >= 4 is 5.97 Å². The van der Waals surface area contributed by atoms with Crippen LogP contribution in [0.25, 0.3) is 11.1 Å². The molecule has 0 aliphatic carbocycles. The van der Waals surface area contributed by atoms with E-state index in [0.29, 0.717) is 6.42 Å². The maximum Gasteiger partial charge on any atom is 0.308 e. The first-order valence-electron chi connectivity index (χ1n) is 6.28. The number of carboxylic acids is 1. The first-order valence-corrected chi connectivity index (χ1v) is 6.28. The Kier molecular flexibility index (Phi) is 4.31. The van der Waals surface area contributed by atoms with Crippen molar-refractivity contribution in [2.24, 2.45) is 11.7 Å². The molecule has 0 heterocycles. The summed E-state index contributed by atoms with van der Waals surface area (Å²) in [4.78, 5) is 11.0. The SMILES string of the molecule is NCC(Cc1cccc(-c2ccccc2)c1)C(=O)O. The van der Waals surface area contributed by atoms with Crippen molar-refractivity contribution in [1.82, 2.24) is 0 Å². The Morgan fingerprint density at radius 1 is 1.05 bits per heavy atom. The highest BCUT2D eigenvalue weighted by Crippen LogP contribution is 2.21. The van der Waals surface area contributed by atoms with Gasteiger partial charge in [-0.25, -0.2) is 0 Å². The van der Waals surface area contributed by atoms with Crippen LogP contribution in [0.3, 0.4) is 0 Å². The second kappa shape index (κ2) is 6.16. The molecule has 0 amide bonds. The molecule has 2 aromatic rings. The Balaban J connectivity index is 2.23. The highest BCUT2D eigenvalue weighted by Gasteiger charge is 2.15. The molecule has 98 valence electrons. The zero-order chi connectivity index (χ0) is 13.7. The summed E-state index contributed by atoms with van der Waals surface area (Å²) in [7, 11) is 0. The smallest absolute Gasteiger partial charge is 0.308 e. The highest BCUT2D eigenvalue weighted by atomic mass is 16.4. The average Bonchev–Trinajstić information content (AvgIpc) is 2.45. The van der Waals surface area contributed by atoms with E-state index in [1.54, 1.807) is 0 Å². The van der Waals surface area contributed by atoms with Crippen LogP contribution in [0.1, 0.15) is 5.56 Å². The van der Waals surface area contributed by atoms with Crippen LogP contribution in [0.5, 0.6) is 0 Å². The topological polar surface area (TPSA) is 63.3 Å². The molecule has 0 saturated carbocycles. The number of carboxylic acid groups (broad SMARTS) is 1. The van der Waals surface area contributed by atoms with Gasteiger partial charge in [0.25, 0.3) is 0 Å². The van der Waals surface area contributed by atoms with Crippen LogP contribution in [0.4, 0.5) is 0 Å². The number of hydrogen-bond donors (Lipinski definition) is 2. The lowest BCUT2D eigenvalue weighted by molar-refractivity contribution is -0.141. The standard InChI is InChI=1S/C16H17NO2/c17-11-15(16(18)19)10-12-5-4-8-14(9-12)13-6-2-1-3-7-13/h1-9,15H,10-11,17H2,(H,18,19). The van der Waals surface area contributed by atoms with Gasteiger partial charge in [0.15, 0.2) is 0 Å². The third kappa shape index (κ3) is 3.42. The zero-order valence-corrected chi connectivity index (χ0v) is 10.6. The summed E-state index contributed by atoms with van der Waals surface area (Å²) >= 11 is 0. The van der Waals surface area contributed by atoms with Gasteiger partial charge in [-0.3, -0.25) is 4.79 Å². The van der Waals surface area contributed by atoms with Gasteiger partial charge in [0.1, 0.15) is 0 Å². The van der Waals surface area contributed by atoms with Crippen LogP contribution in [0.2, 0.25) is 0 Å². The number of rotatable bonds is 5. The molecule has 2 rings (SSSR count). The van der Waals surface area contributed by atoms with Crippen molar-refractivity contribution in [1.29, 1.82) is 0 Å². The molecule has 0 radical (unpaired) electrons. The normalized spacial score (nSPS) is 12.1. The molecule has 0 bridgehead atoms. The van der Waals surface area contributed by atoms with Gasteiger partial charge in [-0.15, -0.1) is 0 Å². The number of nitrogens with two attached hydrogens (primary N) is 1. The predicted octanol–water partition coefficient (Wildman–Crippen LogP) is 2.56. The highest BCUT2D eigenvalue weighted by molar-refractivity contribution is 5.71.